The molecule has 17 heavy (non-hydrogen) atoms. The van der Waals surface area contributed by atoms with Crippen molar-refractivity contribution in [3.05, 3.63) is 28.8 Å². The van der Waals surface area contributed by atoms with Crippen LogP contribution in [0.3, 0.4) is 0 Å². The Labute approximate surface area is 110 Å². The smallest absolute Gasteiger partial charge is 0.255 e. The molecule has 1 aliphatic rings. The predicted octanol–water partition coefficient (Wildman–Crippen LogP) is 2.50. The van der Waals surface area contributed by atoms with E-state index in [4.69, 9.17) is 17.3 Å². The molecule has 2 N–H and O–H groups in total. The third kappa shape index (κ3) is 3.07. The van der Waals surface area contributed by atoms with Crippen molar-refractivity contribution in [1.29, 1.82) is 0 Å². The van der Waals surface area contributed by atoms with E-state index in [0.29, 0.717) is 16.3 Å². The molecule has 1 aromatic rings. The Morgan fingerprint density at radius 1 is 1.35 bits per heavy atom. The molecule has 1 saturated heterocycles. The van der Waals surface area contributed by atoms with E-state index in [9.17, 15) is 4.79 Å². The highest BCUT2D eigenvalue weighted by molar-refractivity contribution is 7.99. The highest BCUT2D eigenvalue weighted by Crippen LogP contribution is 2.21. The van der Waals surface area contributed by atoms with Gasteiger partial charge in [0.15, 0.2) is 0 Å². The first-order valence-corrected chi connectivity index (χ1v) is 7.14. The van der Waals surface area contributed by atoms with Gasteiger partial charge in [-0.15, -0.1) is 0 Å². The number of halogens is 1. The van der Waals surface area contributed by atoms with Gasteiger partial charge in [-0.1, -0.05) is 11.6 Å². The van der Waals surface area contributed by atoms with Crippen LogP contribution >= 0.6 is 23.4 Å². The highest BCUT2D eigenvalue weighted by atomic mass is 35.5. The first-order chi connectivity index (χ1) is 8.18. The lowest BCUT2D eigenvalue weighted by atomic mass is 10.1. The van der Waals surface area contributed by atoms with E-state index < -0.39 is 0 Å². The van der Waals surface area contributed by atoms with E-state index in [1.54, 1.807) is 18.2 Å². The minimum Gasteiger partial charge on any atom is -0.398 e. The van der Waals surface area contributed by atoms with Crippen LogP contribution in [0, 0.1) is 0 Å². The van der Waals surface area contributed by atoms with Crippen LogP contribution in [-0.2, 0) is 0 Å². The van der Waals surface area contributed by atoms with Gasteiger partial charge in [0.1, 0.15) is 0 Å². The van der Waals surface area contributed by atoms with Crippen LogP contribution in [0.5, 0.6) is 0 Å². The first kappa shape index (κ1) is 12.6. The standard InChI is InChI=1S/C12H15ClN2OS/c13-9-2-3-10(11(14)8-9)12(16)15-4-1-6-17-7-5-15/h2-3,8H,1,4-7,14H2. The summed E-state index contributed by atoms with van der Waals surface area (Å²) < 4.78 is 0. The molecule has 1 heterocycles. The number of hydrogen-bond acceptors (Lipinski definition) is 3. The van der Waals surface area contributed by atoms with E-state index in [1.807, 2.05) is 16.7 Å². The summed E-state index contributed by atoms with van der Waals surface area (Å²) >= 11 is 7.72. The Kier molecular flexibility index (Phi) is 4.18. The van der Waals surface area contributed by atoms with Gasteiger partial charge in [-0.05, 0) is 30.4 Å². The van der Waals surface area contributed by atoms with E-state index in [0.717, 1.165) is 31.0 Å². The maximum Gasteiger partial charge on any atom is 0.255 e. The van der Waals surface area contributed by atoms with Gasteiger partial charge in [0.25, 0.3) is 5.91 Å². The second-order valence-electron chi connectivity index (χ2n) is 3.99. The molecule has 1 fully saturated rings. The summed E-state index contributed by atoms with van der Waals surface area (Å²) in [6.07, 6.45) is 1.05. The molecule has 0 aliphatic carbocycles. The van der Waals surface area contributed by atoms with Gasteiger partial charge in [0.05, 0.1) is 5.56 Å². The van der Waals surface area contributed by atoms with Crippen molar-refractivity contribution in [3.63, 3.8) is 0 Å². The van der Waals surface area contributed by atoms with Gasteiger partial charge in [-0.2, -0.15) is 11.8 Å². The maximum absolute atomic E-state index is 12.3. The number of anilines is 1. The molecule has 0 bridgehead atoms. The van der Waals surface area contributed by atoms with Crippen LogP contribution in [0.25, 0.3) is 0 Å². The van der Waals surface area contributed by atoms with Crippen LogP contribution in [0.2, 0.25) is 5.02 Å². The first-order valence-electron chi connectivity index (χ1n) is 5.60. The molecule has 0 radical (unpaired) electrons. The van der Waals surface area contributed by atoms with Crippen LogP contribution < -0.4 is 5.73 Å². The second kappa shape index (κ2) is 5.65. The summed E-state index contributed by atoms with van der Waals surface area (Å²) in [6.45, 7) is 1.61. The van der Waals surface area contributed by atoms with Gasteiger partial charge < -0.3 is 10.6 Å². The molecular weight excluding hydrogens is 256 g/mol. The summed E-state index contributed by atoms with van der Waals surface area (Å²) in [4.78, 5) is 14.2. The van der Waals surface area contributed by atoms with Gasteiger partial charge in [0.2, 0.25) is 0 Å². The molecule has 0 aromatic heterocycles. The van der Waals surface area contributed by atoms with E-state index in [1.165, 1.54) is 0 Å². The molecule has 0 saturated carbocycles. The van der Waals surface area contributed by atoms with E-state index in [-0.39, 0.29) is 5.91 Å². The fraction of sp³-hybridized carbons (Fsp3) is 0.417. The van der Waals surface area contributed by atoms with Crippen molar-refractivity contribution in [2.75, 3.05) is 30.3 Å². The van der Waals surface area contributed by atoms with Crippen molar-refractivity contribution in [1.82, 2.24) is 4.90 Å². The average Bonchev–Trinajstić information content (AvgIpc) is 2.56. The minimum absolute atomic E-state index is 0.0154. The fourth-order valence-electron chi connectivity index (χ4n) is 1.85. The van der Waals surface area contributed by atoms with Crippen LogP contribution in [-0.4, -0.2) is 35.4 Å². The van der Waals surface area contributed by atoms with Crippen LogP contribution in [0.1, 0.15) is 16.8 Å². The van der Waals surface area contributed by atoms with Gasteiger partial charge in [0, 0.05) is 29.6 Å². The molecule has 3 nitrogen and oxygen atoms in total. The Bertz CT molecular complexity index is 417. The van der Waals surface area contributed by atoms with Gasteiger partial charge in [-0.3, -0.25) is 4.79 Å². The van der Waals surface area contributed by atoms with Crippen LogP contribution in [0.15, 0.2) is 18.2 Å². The summed E-state index contributed by atoms with van der Waals surface area (Å²) in [6, 6.07) is 5.04. The SMILES string of the molecule is Nc1cc(Cl)ccc1C(=O)N1CCCSCC1. The van der Waals surface area contributed by atoms with Crippen molar-refractivity contribution in [2.45, 2.75) is 6.42 Å². The number of hydrogen-bond donors (Lipinski definition) is 1. The molecular formula is C12H15ClN2OS. The van der Waals surface area contributed by atoms with E-state index in [2.05, 4.69) is 0 Å². The van der Waals surface area contributed by atoms with E-state index >= 15 is 0 Å². The molecule has 1 amide bonds. The van der Waals surface area contributed by atoms with Crippen molar-refractivity contribution in [3.8, 4) is 0 Å². The summed E-state index contributed by atoms with van der Waals surface area (Å²) in [5.74, 6) is 2.14. The summed E-state index contributed by atoms with van der Waals surface area (Å²) in [5.41, 5.74) is 6.85. The topological polar surface area (TPSA) is 46.3 Å². The Morgan fingerprint density at radius 3 is 2.94 bits per heavy atom. The number of carbonyl (C=O) groups is 1. The molecule has 1 aliphatic heterocycles. The Hall–Kier alpha value is -0.870. The zero-order valence-corrected chi connectivity index (χ0v) is 11.1. The molecule has 2 rings (SSSR count). The zero-order valence-electron chi connectivity index (χ0n) is 9.49. The third-order valence-corrected chi connectivity index (χ3v) is 4.04. The molecule has 92 valence electrons. The summed E-state index contributed by atoms with van der Waals surface area (Å²) in [5, 5.41) is 0.561. The number of benzene rings is 1. The largest absolute Gasteiger partial charge is 0.398 e. The lowest BCUT2D eigenvalue weighted by Crippen LogP contribution is -2.33. The van der Waals surface area contributed by atoms with Crippen molar-refractivity contribution >= 4 is 35.0 Å². The number of rotatable bonds is 1. The number of carbonyl (C=O) groups excluding carboxylic acids is 1. The molecule has 1 aromatic carbocycles. The summed E-state index contributed by atoms with van der Waals surface area (Å²) in [7, 11) is 0. The predicted molar refractivity (Wildman–Crippen MR) is 73.7 cm³/mol. The van der Waals surface area contributed by atoms with Crippen molar-refractivity contribution in [2.24, 2.45) is 0 Å². The third-order valence-electron chi connectivity index (χ3n) is 2.75. The van der Waals surface area contributed by atoms with Gasteiger partial charge >= 0.3 is 0 Å². The number of thioether (sulfide) groups is 1. The average molecular weight is 271 g/mol. The molecule has 0 unspecified atom stereocenters. The monoisotopic (exact) mass is 270 g/mol. The Morgan fingerprint density at radius 2 is 2.18 bits per heavy atom. The fourth-order valence-corrected chi connectivity index (χ4v) is 2.92. The number of nitrogen functional groups attached to an aromatic ring is 1. The van der Waals surface area contributed by atoms with Crippen molar-refractivity contribution < 1.29 is 4.79 Å². The number of amides is 1. The molecule has 0 spiro atoms. The minimum atomic E-state index is 0.0154. The zero-order chi connectivity index (χ0) is 12.3. The Balaban J connectivity index is 2.17. The lowest BCUT2D eigenvalue weighted by Gasteiger charge is -2.20. The quantitative estimate of drug-likeness (QED) is 0.798. The molecule has 0 atom stereocenters. The highest BCUT2D eigenvalue weighted by Gasteiger charge is 2.19. The normalized spacial score (nSPS) is 16.6. The van der Waals surface area contributed by atoms with Crippen LogP contribution in [0.4, 0.5) is 5.69 Å². The lowest BCUT2D eigenvalue weighted by molar-refractivity contribution is 0.0769. The second-order valence-corrected chi connectivity index (χ2v) is 5.65. The van der Waals surface area contributed by atoms with Gasteiger partial charge in [-0.25, -0.2) is 0 Å². The molecule has 5 heteroatoms. The number of nitrogens with zero attached hydrogens (tertiary/aromatic N) is 1. The number of nitrogens with two attached hydrogens (primary N) is 1. The maximum atomic E-state index is 12.3.